The molecule has 0 aliphatic heterocycles. The summed E-state index contributed by atoms with van der Waals surface area (Å²) < 4.78 is 17.0. The van der Waals surface area contributed by atoms with Crippen molar-refractivity contribution in [3.63, 3.8) is 0 Å². The van der Waals surface area contributed by atoms with Gasteiger partial charge in [-0.05, 0) is 47.5 Å². The lowest BCUT2D eigenvalue weighted by Gasteiger charge is -2.27. The Hall–Kier alpha value is -0.780. The first-order chi connectivity index (χ1) is 8.46. The molecule has 0 fully saturated rings. The van der Waals surface area contributed by atoms with Crippen molar-refractivity contribution in [2.45, 2.75) is 19.4 Å². The molecule has 0 aromatic heterocycles. The minimum Gasteiger partial charge on any atom is -0.495 e. The zero-order chi connectivity index (χ0) is 13.8. The van der Waals surface area contributed by atoms with Crippen molar-refractivity contribution >= 4 is 15.9 Å². The zero-order valence-corrected chi connectivity index (χ0v) is 12.7. The van der Waals surface area contributed by atoms with Crippen LogP contribution in [0.25, 0.3) is 0 Å². The van der Waals surface area contributed by atoms with Gasteiger partial charge in [0, 0.05) is 0 Å². The van der Waals surface area contributed by atoms with Crippen molar-refractivity contribution in [3.05, 3.63) is 22.2 Å². The van der Waals surface area contributed by atoms with E-state index in [1.807, 2.05) is 26.0 Å². The monoisotopic (exact) mass is 318 g/mol. The van der Waals surface area contributed by atoms with Crippen molar-refractivity contribution in [2.75, 3.05) is 27.4 Å². The minimum absolute atomic E-state index is 0.00573. The van der Waals surface area contributed by atoms with E-state index in [0.717, 1.165) is 10.0 Å². The van der Waals surface area contributed by atoms with Crippen LogP contribution in [0.3, 0.4) is 0 Å². The van der Waals surface area contributed by atoms with Gasteiger partial charge >= 0.3 is 0 Å². The Kier molecular flexibility index (Phi) is 5.44. The molecule has 102 valence electrons. The van der Waals surface area contributed by atoms with Crippen LogP contribution in [0.15, 0.2) is 16.6 Å². The highest BCUT2D eigenvalue weighted by Gasteiger charge is 2.24. The third-order valence-electron chi connectivity index (χ3n) is 2.70. The largest absolute Gasteiger partial charge is 0.495 e. The van der Waals surface area contributed by atoms with Crippen LogP contribution in [0, 0.1) is 0 Å². The molecule has 0 saturated heterocycles. The van der Waals surface area contributed by atoms with Gasteiger partial charge in [0.05, 0.1) is 33.0 Å². The van der Waals surface area contributed by atoms with Crippen LogP contribution in [0.2, 0.25) is 0 Å². The molecular formula is C13H19BrO4. The number of halogens is 1. The molecule has 0 spiro atoms. The lowest BCUT2D eigenvalue weighted by Crippen LogP contribution is -2.23. The van der Waals surface area contributed by atoms with Gasteiger partial charge in [0.15, 0.2) is 0 Å². The van der Waals surface area contributed by atoms with Gasteiger partial charge in [-0.3, -0.25) is 0 Å². The smallest absolute Gasteiger partial charge is 0.137 e. The van der Waals surface area contributed by atoms with Crippen LogP contribution >= 0.6 is 15.9 Å². The summed E-state index contributed by atoms with van der Waals surface area (Å²) in [7, 11) is 3.20. The van der Waals surface area contributed by atoms with Crippen LogP contribution < -0.4 is 9.47 Å². The minimum atomic E-state index is -0.524. The summed E-state index contributed by atoms with van der Waals surface area (Å²) in [6, 6.07) is 3.79. The topological polar surface area (TPSA) is 47.9 Å². The molecule has 0 bridgehead atoms. The number of methoxy groups -OCH3 is 2. The Morgan fingerprint density at radius 1 is 1.17 bits per heavy atom. The maximum Gasteiger partial charge on any atom is 0.137 e. The molecule has 1 aromatic carbocycles. The molecule has 0 heterocycles. The van der Waals surface area contributed by atoms with E-state index in [1.54, 1.807) is 14.2 Å². The maximum atomic E-state index is 8.84. The molecule has 0 amide bonds. The summed E-state index contributed by atoms with van der Waals surface area (Å²) in [6.45, 7) is 4.15. The SMILES string of the molecule is COc1cc(C(C)(C)OCCO)cc(OC)c1Br. The van der Waals surface area contributed by atoms with Crippen LogP contribution in [-0.4, -0.2) is 32.5 Å². The molecule has 0 radical (unpaired) electrons. The average molecular weight is 319 g/mol. The number of ether oxygens (including phenoxy) is 3. The van der Waals surface area contributed by atoms with Gasteiger partial charge in [-0.2, -0.15) is 0 Å². The van der Waals surface area contributed by atoms with Crippen LogP contribution in [0.5, 0.6) is 11.5 Å². The molecule has 4 nitrogen and oxygen atoms in total. The van der Waals surface area contributed by atoms with Crippen molar-refractivity contribution in [1.29, 1.82) is 0 Å². The molecule has 0 unspecified atom stereocenters. The van der Waals surface area contributed by atoms with E-state index in [0.29, 0.717) is 11.5 Å². The quantitative estimate of drug-likeness (QED) is 0.876. The lowest BCUT2D eigenvalue weighted by atomic mass is 9.97. The van der Waals surface area contributed by atoms with Gasteiger partial charge in [0.1, 0.15) is 16.0 Å². The molecule has 0 aliphatic rings. The van der Waals surface area contributed by atoms with Crippen molar-refractivity contribution < 1.29 is 19.3 Å². The fourth-order valence-electron chi connectivity index (χ4n) is 1.60. The molecule has 0 saturated carbocycles. The highest BCUT2D eigenvalue weighted by molar-refractivity contribution is 9.10. The Bertz CT molecular complexity index is 379. The van der Waals surface area contributed by atoms with E-state index in [2.05, 4.69) is 15.9 Å². The number of rotatable bonds is 6. The summed E-state index contributed by atoms with van der Waals surface area (Å²) in [5.74, 6) is 1.37. The second-order valence-corrected chi connectivity index (χ2v) is 5.07. The van der Waals surface area contributed by atoms with Gasteiger partial charge < -0.3 is 19.3 Å². The molecule has 0 aliphatic carbocycles. The first-order valence-electron chi connectivity index (χ1n) is 5.63. The van der Waals surface area contributed by atoms with Crippen LogP contribution in [0.1, 0.15) is 19.4 Å². The lowest BCUT2D eigenvalue weighted by molar-refractivity contribution is -0.0372. The fraction of sp³-hybridized carbons (Fsp3) is 0.538. The van der Waals surface area contributed by atoms with Gasteiger partial charge in [-0.25, -0.2) is 0 Å². The van der Waals surface area contributed by atoms with Crippen LogP contribution in [-0.2, 0) is 10.3 Å². The summed E-state index contributed by atoms with van der Waals surface area (Å²) in [5, 5.41) is 8.84. The number of benzene rings is 1. The van der Waals surface area contributed by atoms with Gasteiger partial charge in [0.25, 0.3) is 0 Å². The van der Waals surface area contributed by atoms with E-state index < -0.39 is 5.60 Å². The van der Waals surface area contributed by atoms with Gasteiger partial charge in [0.2, 0.25) is 0 Å². The van der Waals surface area contributed by atoms with E-state index in [1.165, 1.54) is 0 Å². The average Bonchev–Trinajstić information content (AvgIpc) is 2.36. The summed E-state index contributed by atoms with van der Waals surface area (Å²) in [5.41, 5.74) is 0.400. The molecule has 1 N–H and O–H groups in total. The normalized spacial score (nSPS) is 11.4. The molecule has 0 atom stereocenters. The van der Waals surface area contributed by atoms with Crippen molar-refractivity contribution in [1.82, 2.24) is 0 Å². The Morgan fingerprint density at radius 2 is 1.67 bits per heavy atom. The van der Waals surface area contributed by atoms with Crippen LogP contribution in [0.4, 0.5) is 0 Å². The molecule has 1 aromatic rings. The van der Waals surface area contributed by atoms with E-state index in [9.17, 15) is 0 Å². The summed E-state index contributed by atoms with van der Waals surface area (Å²) in [4.78, 5) is 0. The maximum absolute atomic E-state index is 8.84. The Balaban J connectivity index is 3.16. The predicted molar refractivity (Wildman–Crippen MR) is 73.3 cm³/mol. The highest BCUT2D eigenvalue weighted by atomic mass is 79.9. The Morgan fingerprint density at radius 3 is 2.06 bits per heavy atom. The van der Waals surface area contributed by atoms with Gasteiger partial charge in [-0.15, -0.1) is 0 Å². The zero-order valence-electron chi connectivity index (χ0n) is 11.1. The number of hydrogen-bond donors (Lipinski definition) is 1. The van der Waals surface area contributed by atoms with Crippen molar-refractivity contribution in [2.24, 2.45) is 0 Å². The molecule has 1 rings (SSSR count). The highest BCUT2D eigenvalue weighted by Crippen LogP contribution is 2.39. The molecular weight excluding hydrogens is 300 g/mol. The van der Waals surface area contributed by atoms with E-state index in [4.69, 9.17) is 19.3 Å². The second-order valence-electron chi connectivity index (χ2n) is 4.28. The number of aliphatic hydroxyl groups is 1. The third kappa shape index (κ3) is 3.37. The Labute approximate surface area is 116 Å². The number of hydrogen-bond acceptors (Lipinski definition) is 4. The first kappa shape index (κ1) is 15.3. The summed E-state index contributed by atoms with van der Waals surface area (Å²) in [6.07, 6.45) is 0. The summed E-state index contributed by atoms with van der Waals surface area (Å²) >= 11 is 3.42. The first-order valence-corrected chi connectivity index (χ1v) is 6.42. The van der Waals surface area contributed by atoms with E-state index >= 15 is 0 Å². The molecule has 5 heteroatoms. The fourth-order valence-corrected chi connectivity index (χ4v) is 2.15. The number of aliphatic hydroxyl groups excluding tert-OH is 1. The predicted octanol–water partition coefficient (Wildman–Crippen LogP) is 2.71. The third-order valence-corrected chi connectivity index (χ3v) is 3.48. The second kappa shape index (κ2) is 6.41. The van der Waals surface area contributed by atoms with E-state index in [-0.39, 0.29) is 13.2 Å². The van der Waals surface area contributed by atoms with Gasteiger partial charge in [-0.1, -0.05) is 0 Å². The standard InChI is InChI=1S/C13H19BrO4/c1-13(2,18-6-5-15)9-7-10(16-3)12(14)11(8-9)17-4/h7-8,15H,5-6H2,1-4H3. The molecule has 18 heavy (non-hydrogen) atoms. The van der Waals surface area contributed by atoms with Crippen molar-refractivity contribution in [3.8, 4) is 11.5 Å².